The van der Waals surface area contributed by atoms with Crippen LogP contribution >= 0.6 is 11.8 Å². The van der Waals surface area contributed by atoms with Crippen molar-refractivity contribution in [3.8, 4) is 5.75 Å². The Morgan fingerprint density at radius 3 is 2.74 bits per heavy atom. The predicted octanol–water partition coefficient (Wildman–Crippen LogP) is 1.37. The molecular weight excluding hydrogens is 368 g/mol. The molecule has 3 rings (SSSR count). The maximum absolute atomic E-state index is 12.4. The van der Waals surface area contributed by atoms with Crippen LogP contribution in [-0.2, 0) is 13.6 Å². The number of rotatable bonds is 8. The zero-order valence-corrected chi connectivity index (χ0v) is 16.0. The summed E-state index contributed by atoms with van der Waals surface area (Å²) >= 11 is 1.35. The molecule has 0 radical (unpaired) electrons. The van der Waals surface area contributed by atoms with Crippen LogP contribution in [0.4, 0.5) is 0 Å². The first-order valence-electron chi connectivity index (χ1n) is 8.65. The third kappa shape index (κ3) is 4.42. The number of thioether (sulfide) groups is 1. The molecule has 9 heteroatoms. The van der Waals surface area contributed by atoms with Crippen molar-refractivity contribution in [2.75, 3.05) is 12.4 Å². The summed E-state index contributed by atoms with van der Waals surface area (Å²) in [7, 11) is 1.57. The van der Waals surface area contributed by atoms with E-state index in [9.17, 15) is 14.7 Å². The third-order valence-electron chi connectivity index (χ3n) is 3.96. The molecule has 0 spiro atoms. The van der Waals surface area contributed by atoms with Gasteiger partial charge in [-0.25, -0.2) is 9.78 Å². The molecule has 0 saturated heterocycles. The summed E-state index contributed by atoms with van der Waals surface area (Å²) in [5.74, 6) is 1.23. The topological polar surface area (TPSA) is 102 Å². The Bertz CT molecular complexity index is 1020. The van der Waals surface area contributed by atoms with E-state index in [0.717, 1.165) is 5.75 Å². The molecule has 0 aliphatic heterocycles. The van der Waals surface area contributed by atoms with E-state index in [-0.39, 0.29) is 0 Å². The zero-order chi connectivity index (χ0) is 19.4. The first-order chi connectivity index (χ1) is 13.0. The lowest BCUT2D eigenvalue weighted by Crippen LogP contribution is -2.29. The van der Waals surface area contributed by atoms with Gasteiger partial charge in [0.15, 0.2) is 16.3 Å². The van der Waals surface area contributed by atoms with Crippen molar-refractivity contribution in [2.45, 2.75) is 31.1 Å². The van der Waals surface area contributed by atoms with E-state index in [1.807, 2.05) is 30.3 Å². The van der Waals surface area contributed by atoms with Crippen LogP contribution < -0.4 is 16.0 Å². The van der Waals surface area contributed by atoms with Crippen molar-refractivity contribution >= 4 is 22.9 Å². The van der Waals surface area contributed by atoms with Crippen LogP contribution in [0, 0.1) is 0 Å². The minimum absolute atomic E-state index is 0.334. The summed E-state index contributed by atoms with van der Waals surface area (Å²) < 4.78 is 8.81. The van der Waals surface area contributed by atoms with Gasteiger partial charge in [-0.05, 0) is 25.5 Å². The number of imidazole rings is 1. The molecule has 0 aliphatic rings. The fourth-order valence-electron chi connectivity index (χ4n) is 2.66. The van der Waals surface area contributed by atoms with Crippen molar-refractivity contribution in [3.63, 3.8) is 0 Å². The van der Waals surface area contributed by atoms with E-state index in [4.69, 9.17) is 4.74 Å². The lowest BCUT2D eigenvalue weighted by Gasteiger charge is -2.10. The minimum atomic E-state index is -0.508. The summed E-state index contributed by atoms with van der Waals surface area (Å²) in [6, 6.07) is 9.51. The average molecular weight is 390 g/mol. The van der Waals surface area contributed by atoms with Crippen molar-refractivity contribution in [2.24, 2.45) is 7.05 Å². The summed E-state index contributed by atoms with van der Waals surface area (Å²) in [4.78, 5) is 31.0. The molecule has 27 heavy (non-hydrogen) atoms. The summed E-state index contributed by atoms with van der Waals surface area (Å²) in [6.07, 6.45) is 0.150. The number of nitrogens with one attached hydrogen (secondary N) is 1. The molecule has 0 fully saturated rings. The maximum atomic E-state index is 12.4. The smallest absolute Gasteiger partial charge is 0.329 e. The molecule has 0 saturated carbocycles. The molecule has 8 nitrogen and oxygen atoms in total. The highest BCUT2D eigenvalue weighted by molar-refractivity contribution is 7.99. The number of aryl methyl sites for hydroxylation is 2. The highest BCUT2D eigenvalue weighted by Crippen LogP contribution is 2.22. The van der Waals surface area contributed by atoms with Gasteiger partial charge in [-0.1, -0.05) is 30.0 Å². The van der Waals surface area contributed by atoms with Gasteiger partial charge in [0.1, 0.15) is 5.75 Å². The van der Waals surface area contributed by atoms with Crippen LogP contribution in [0.5, 0.6) is 5.75 Å². The number of fused-ring (bicyclic) bond motifs is 1. The molecule has 144 valence electrons. The minimum Gasteiger partial charge on any atom is -0.494 e. The molecular formula is C18H22N4O4S. The summed E-state index contributed by atoms with van der Waals surface area (Å²) in [5.41, 5.74) is -0.282. The van der Waals surface area contributed by atoms with E-state index in [0.29, 0.717) is 41.6 Å². The second kappa shape index (κ2) is 8.45. The number of benzene rings is 1. The molecule has 2 aromatic heterocycles. The van der Waals surface area contributed by atoms with Gasteiger partial charge in [0.2, 0.25) is 0 Å². The Kier molecular flexibility index (Phi) is 6.02. The van der Waals surface area contributed by atoms with Crippen LogP contribution in [0.3, 0.4) is 0 Å². The Morgan fingerprint density at radius 1 is 1.30 bits per heavy atom. The van der Waals surface area contributed by atoms with Crippen molar-refractivity contribution < 1.29 is 9.84 Å². The zero-order valence-electron chi connectivity index (χ0n) is 15.2. The lowest BCUT2D eigenvalue weighted by atomic mass is 10.3. The number of aliphatic hydroxyl groups excluding tert-OH is 1. The van der Waals surface area contributed by atoms with Crippen molar-refractivity contribution in [1.82, 2.24) is 19.1 Å². The van der Waals surface area contributed by atoms with Gasteiger partial charge in [0, 0.05) is 19.3 Å². The fraction of sp³-hybridized carbons (Fsp3) is 0.389. The van der Waals surface area contributed by atoms with E-state index in [1.54, 1.807) is 18.5 Å². The SMILES string of the molecule is C[C@H](O)CSc1nc2c(c(=O)[nH]c(=O)n2C)n1CCCOc1ccccc1. The van der Waals surface area contributed by atoms with Gasteiger partial charge in [-0.2, -0.15) is 0 Å². The van der Waals surface area contributed by atoms with E-state index < -0.39 is 17.4 Å². The van der Waals surface area contributed by atoms with Gasteiger partial charge >= 0.3 is 5.69 Å². The highest BCUT2D eigenvalue weighted by atomic mass is 32.2. The number of hydrogen-bond donors (Lipinski definition) is 2. The van der Waals surface area contributed by atoms with Crippen LogP contribution in [-0.4, -0.2) is 42.7 Å². The monoisotopic (exact) mass is 390 g/mol. The van der Waals surface area contributed by atoms with Crippen molar-refractivity contribution in [3.05, 3.63) is 51.2 Å². The number of aliphatic hydroxyl groups is 1. The van der Waals surface area contributed by atoms with Crippen LogP contribution in [0.25, 0.3) is 11.2 Å². The van der Waals surface area contributed by atoms with E-state index in [1.165, 1.54) is 16.3 Å². The molecule has 2 heterocycles. The fourth-order valence-corrected chi connectivity index (χ4v) is 3.54. The number of para-hydroxylation sites is 1. The van der Waals surface area contributed by atoms with Gasteiger partial charge in [0.25, 0.3) is 5.56 Å². The van der Waals surface area contributed by atoms with Gasteiger partial charge < -0.3 is 14.4 Å². The summed E-state index contributed by atoms with van der Waals surface area (Å²) in [5, 5.41) is 10.2. The normalized spacial score (nSPS) is 12.4. The second-order valence-electron chi connectivity index (χ2n) is 6.21. The molecule has 0 unspecified atom stereocenters. The van der Waals surface area contributed by atoms with Gasteiger partial charge in [-0.15, -0.1) is 0 Å². The van der Waals surface area contributed by atoms with E-state index in [2.05, 4.69) is 9.97 Å². The van der Waals surface area contributed by atoms with E-state index >= 15 is 0 Å². The number of aromatic amines is 1. The molecule has 3 aromatic rings. The molecule has 0 aliphatic carbocycles. The second-order valence-corrected chi connectivity index (χ2v) is 7.20. The first-order valence-corrected chi connectivity index (χ1v) is 9.64. The van der Waals surface area contributed by atoms with Crippen molar-refractivity contribution in [1.29, 1.82) is 0 Å². The van der Waals surface area contributed by atoms with Gasteiger partial charge in [0.05, 0.1) is 12.7 Å². The number of ether oxygens (including phenoxy) is 1. The molecule has 0 bridgehead atoms. The Labute approximate surface area is 159 Å². The molecule has 2 N–H and O–H groups in total. The highest BCUT2D eigenvalue weighted by Gasteiger charge is 2.18. The molecule has 1 aromatic carbocycles. The maximum Gasteiger partial charge on any atom is 0.329 e. The Balaban J connectivity index is 1.84. The molecule has 0 amide bonds. The summed E-state index contributed by atoms with van der Waals surface area (Å²) in [6.45, 7) is 2.68. The standard InChI is InChI=1S/C18H22N4O4S/c1-12(23)11-27-18-19-15-14(16(24)20-17(25)21(15)2)22(18)9-6-10-26-13-7-4-3-5-8-13/h3-5,7-8,12,23H,6,9-11H2,1-2H3,(H,20,24,25)/t12-/m0/s1. The number of H-pyrrole nitrogens is 1. The van der Waals surface area contributed by atoms with Crippen LogP contribution in [0.1, 0.15) is 13.3 Å². The number of nitrogens with zero attached hydrogens (tertiary/aromatic N) is 3. The number of aromatic nitrogens is 4. The lowest BCUT2D eigenvalue weighted by molar-refractivity contribution is 0.220. The quantitative estimate of drug-likeness (QED) is 0.445. The largest absolute Gasteiger partial charge is 0.494 e. The van der Waals surface area contributed by atoms with Crippen LogP contribution in [0.2, 0.25) is 0 Å². The number of hydrogen-bond acceptors (Lipinski definition) is 6. The Hall–Kier alpha value is -2.52. The molecule has 1 atom stereocenters. The average Bonchev–Trinajstić information content (AvgIpc) is 3.02. The van der Waals surface area contributed by atoms with Crippen LogP contribution in [0.15, 0.2) is 45.1 Å². The predicted molar refractivity (Wildman–Crippen MR) is 105 cm³/mol. The third-order valence-corrected chi connectivity index (χ3v) is 5.18. The Morgan fingerprint density at radius 2 is 2.04 bits per heavy atom. The van der Waals surface area contributed by atoms with Gasteiger partial charge in [-0.3, -0.25) is 14.3 Å². The first kappa shape index (κ1) is 19.2.